The molecule has 4 heterocycles. The zero-order valence-corrected chi connectivity index (χ0v) is 25.1. The minimum atomic E-state index is -3.76. The molecule has 0 saturated heterocycles. The maximum atomic E-state index is 14.8. The number of aryl methyl sites for hydroxylation is 1. The van der Waals surface area contributed by atoms with Crippen molar-refractivity contribution in [2.75, 3.05) is 17.5 Å². The third kappa shape index (κ3) is 4.65. The van der Waals surface area contributed by atoms with E-state index in [2.05, 4.69) is 10.0 Å². The van der Waals surface area contributed by atoms with Gasteiger partial charge in [-0.25, -0.2) is 27.2 Å². The van der Waals surface area contributed by atoms with Gasteiger partial charge in [0.1, 0.15) is 34.3 Å². The van der Waals surface area contributed by atoms with Crippen LogP contribution in [-0.2, 0) is 10.0 Å². The highest BCUT2D eigenvalue weighted by Gasteiger charge is 2.25. The standard InChI is InChI=1S/C33H25F2N5O4S/c1-4-45(42,43)39-26-16-29-22(30(33(41)36-3)32(44-29)18-8-10-19(34)11-9-18)14-21(26)24-12-13-25-31(38-24)28-15-20-23(35)6-5-7-27(20)40(28)17(2)37-25/h5-16,39H,4H2,1-3H3,(H,36,41). The Bertz CT molecular complexity index is 2450. The molecule has 0 aliphatic rings. The first-order valence-electron chi connectivity index (χ1n) is 14.0. The number of furan rings is 1. The summed E-state index contributed by atoms with van der Waals surface area (Å²) in [5.74, 6) is -0.622. The number of fused-ring (bicyclic) bond motifs is 6. The van der Waals surface area contributed by atoms with Crippen molar-refractivity contribution in [1.29, 1.82) is 0 Å². The average Bonchev–Trinajstić information content (AvgIpc) is 3.61. The number of carbonyl (C=O) groups is 1. The maximum absolute atomic E-state index is 14.8. The molecule has 0 saturated carbocycles. The fourth-order valence-electron chi connectivity index (χ4n) is 5.66. The number of nitrogens with one attached hydrogen (secondary N) is 2. The molecule has 7 aromatic rings. The van der Waals surface area contributed by atoms with Crippen molar-refractivity contribution < 1.29 is 26.4 Å². The van der Waals surface area contributed by atoms with Gasteiger partial charge in [0.15, 0.2) is 0 Å². The predicted molar refractivity (Wildman–Crippen MR) is 170 cm³/mol. The van der Waals surface area contributed by atoms with Crippen LogP contribution in [-0.4, -0.2) is 41.5 Å². The molecule has 0 aliphatic carbocycles. The SMILES string of the molecule is CCS(=O)(=O)Nc1cc2oc(-c3ccc(F)cc3)c(C(=O)NC)c2cc1-c1ccc2nc(C)n3c4cccc(F)c4cc3c2n1. The van der Waals surface area contributed by atoms with E-state index in [0.717, 1.165) is 0 Å². The lowest BCUT2D eigenvalue weighted by atomic mass is 10.0. The number of halogens is 2. The number of hydrogen-bond acceptors (Lipinski definition) is 6. The van der Waals surface area contributed by atoms with E-state index in [-0.39, 0.29) is 34.2 Å². The third-order valence-corrected chi connectivity index (χ3v) is 9.12. The topological polar surface area (TPSA) is 119 Å². The van der Waals surface area contributed by atoms with Gasteiger partial charge in [-0.2, -0.15) is 0 Å². The summed E-state index contributed by atoms with van der Waals surface area (Å²) < 4.78 is 64.7. The van der Waals surface area contributed by atoms with Gasteiger partial charge in [-0.05, 0) is 74.5 Å². The van der Waals surface area contributed by atoms with Gasteiger partial charge in [-0.1, -0.05) is 6.07 Å². The van der Waals surface area contributed by atoms with Gasteiger partial charge < -0.3 is 9.73 Å². The van der Waals surface area contributed by atoms with Crippen LogP contribution < -0.4 is 10.0 Å². The Morgan fingerprint density at radius 1 is 0.956 bits per heavy atom. The first kappa shape index (κ1) is 28.4. The van der Waals surface area contributed by atoms with Crippen LogP contribution in [0.2, 0.25) is 0 Å². The molecule has 0 radical (unpaired) electrons. The lowest BCUT2D eigenvalue weighted by molar-refractivity contribution is 0.0964. The van der Waals surface area contributed by atoms with E-state index >= 15 is 0 Å². The zero-order chi connectivity index (χ0) is 31.6. The van der Waals surface area contributed by atoms with Crippen molar-refractivity contribution in [2.45, 2.75) is 13.8 Å². The van der Waals surface area contributed by atoms with E-state index < -0.39 is 21.7 Å². The second-order valence-corrected chi connectivity index (χ2v) is 12.6. The molecule has 0 atom stereocenters. The molecule has 0 aliphatic heterocycles. The fourth-order valence-corrected chi connectivity index (χ4v) is 6.30. The van der Waals surface area contributed by atoms with E-state index in [1.807, 2.05) is 11.3 Å². The Kier molecular flexibility index (Phi) is 6.55. The molecule has 12 heteroatoms. The molecular formula is C33H25F2N5O4S. The predicted octanol–water partition coefficient (Wildman–Crippen LogP) is 6.82. The monoisotopic (exact) mass is 625 g/mol. The Hall–Kier alpha value is -5.36. The summed E-state index contributed by atoms with van der Waals surface area (Å²) in [5.41, 5.74) is 4.14. The molecule has 0 unspecified atom stereocenters. The van der Waals surface area contributed by atoms with E-state index in [9.17, 15) is 22.0 Å². The molecule has 2 N–H and O–H groups in total. The number of hydrogen-bond donors (Lipinski definition) is 2. The molecule has 1 amide bonds. The van der Waals surface area contributed by atoms with Gasteiger partial charge in [0.05, 0.1) is 39.2 Å². The van der Waals surface area contributed by atoms with Crippen molar-refractivity contribution in [3.8, 4) is 22.6 Å². The van der Waals surface area contributed by atoms with Gasteiger partial charge >= 0.3 is 0 Å². The molecule has 7 rings (SSSR count). The first-order valence-corrected chi connectivity index (χ1v) is 15.7. The van der Waals surface area contributed by atoms with Gasteiger partial charge in [0.25, 0.3) is 5.91 Å². The number of amides is 1. The second-order valence-electron chi connectivity index (χ2n) is 10.6. The van der Waals surface area contributed by atoms with E-state index in [0.29, 0.717) is 55.5 Å². The minimum Gasteiger partial charge on any atom is -0.455 e. The number of aromatic nitrogens is 3. The number of benzene rings is 3. The van der Waals surface area contributed by atoms with Crippen LogP contribution in [0.15, 0.2) is 77.2 Å². The molecule has 45 heavy (non-hydrogen) atoms. The summed E-state index contributed by atoms with van der Waals surface area (Å²) in [6.45, 7) is 3.34. The summed E-state index contributed by atoms with van der Waals surface area (Å²) in [6, 6.07) is 18.7. The third-order valence-electron chi connectivity index (χ3n) is 7.83. The van der Waals surface area contributed by atoms with Crippen molar-refractivity contribution in [3.63, 3.8) is 0 Å². The molecule has 0 spiro atoms. The molecule has 0 bridgehead atoms. The largest absolute Gasteiger partial charge is 0.455 e. The number of carbonyl (C=O) groups excluding carboxylic acids is 1. The lowest BCUT2D eigenvalue weighted by Gasteiger charge is -2.13. The van der Waals surface area contributed by atoms with Crippen LogP contribution in [0.1, 0.15) is 23.1 Å². The number of pyridine rings is 1. The highest BCUT2D eigenvalue weighted by Crippen LogP contribution is 2.40. The van der Waals surface area contributed by atoms with E-state index in [1.165, 1.54) is 50.4 Å². The van der Waals surface area contributed by atoms with Gasteiger partial charge in [0, 0.05) is 35.0 Å². The summed E-state index contributed by atoms with van der Waals surface area (Å²) in [6.07, 6.45) is 0. The Labute approximate surface area is 255 Å². The average molecular weight is 626 g/mol. The van der Waals surface area contributed by atoms with Crippen LogP contribution >= 0.6 is 0 Å². The van der Waals surface area contributed by atoms with Crippen molar-refractivity contribution in [3.05, 3.63) is 95.8 Å². The number of sulfonamides is 1. The maximum Gasteiger partial charge on any atom is 0.255 e. The Morgan fingerprint density at radius 2 is 1.73 bits per heavy atom. The summed E-state index contributed by atoms with van der Waals surface area (Å²) in [7, 11) is -2.27. The normalized spacial score (nSPS) is 12.0. The summed E-state index contributed by atoms with van der Waals surface area (Å²) in [4.78, 5) is 22.8. The lowest BCUT2D eigenvalue weighted by Crippen LogP contribution is -2.18. The molecule has 9 nitrogen and oxygen atoms in total. The highest BCUT2D eigenvalue weighted by atomic mass is 32.2. The number of anilines is 1. The molecule has 0 fully saturated rings. The molecule has 3 aromatic carbocycles. The first-order chi connectivity index (χ1) is 21.6. The van der Waals surface area contributed by atoms with Crippen LogP contribution in [0.5, 0.6) is 0 Å². The smallest absolute Gasteiger partial charge is 0.255 e. The quantitative estimate of drug-likeness (QED) is 0.209. The van der Waals surface area contributed by atoms with Crippen molar-refractivity contribution in [2.24, 2.45) is 0 Å². The van der Waals surface area contributed by atoms with E-state index in [1.54, 1.807) is 36.4 Å². The highest BCUT2D eigenvalue weighted by molar-refractivity contribution is 7.92. The van der Waals surface area contributed by atoms with Gasteiger partial charge in [-0.3, -0.25) is 13.9 Å². The number of nitrogens with zero attached hydrogens (tertiary/aromatic N) is 3. The van der Waals surface area contributed by atoms with Crippen LogP contribution in [0.3, 0.4) is 0 Å². The molecule has 4 aromatic heterocycles. The number of rotatable bonds is 6. The van der Waals surface area contributed by atoms with Crippen LogP contribution in [0.25, 0.3) is 61.0 Å². The van der Waals surface area contributed by atoms with Crippen molar-refractivity contribution >= 4 is 60.0 Å². The minimum absolute atomic E-state index is 0.182. The second kappa shape index (κ2) is 10.4. The Morgan fingerprint density at radius 3 is 2.47 bits per heavy atom. The molecule has 226 valence electrons. The van der Waals surface area contributed by atoms with Gasteiger partial charge in [0.2, 0.25) is 10.0 Å². The zero-order valence-electron chi connectivity index (χ0n) is 24.3. The van der Waals surface area contributed by atoms with Gasteiger partial charge in [-0.15, -0.1) is 0 Å². The Balaban J connectivity index is 1.53. The van der Waals surface area contributed by atoms with Crippen LogP contribution in [0, 0.1) is 18.6 Å². The summed E-state index contributed by atoms with van der Waals surface area (Å²) >= 11 is 0. The molecular weight excluding hydrogens is 600 g/mol. The fraction of sp³-hybridized carbons (Fsp3) is 0.121. The van der Waals surface area contributed by atoms with Crippen molar-refractivity contribution in [1.82, 2.24) is 19.7 Å². The van der Waals surface area contributed by atoms with Crippen LogP contribution in [0.4, 0.5) is 14.5 Å². The summed E-state index contributed by atoms with van der Waals surface area (Å²) in [5, 5.41) is 3.44. The van der Waals surface area contributed by atoms with E-state index in [4.69, 9.17) is 14.4 Å².